The largest absolute Gasteiger partial charge is 0.334 e. The summed E-state index contributed by atoms with van der Waals surface area (Å²) in [5.74, 6) is 0.0652. The number of amides is 1. The van der Waals surface area contributed by atoms with Crippen molar-refractivity contribution in [3.8, 4) is 0 Å². The van der Waals surface area contributed by atoms with Gasteiger partial charge in [0.05, 0.1) is 4.90 Å². The smallest absolute Gasteiger partial charge is 0.254 e. The Hall–Kier alpha value is -3.00. The number of benzene rings is 3. The Labute approximate surface area is 207 Å². The Morgan fingerprint density at radius 1 is 0.829 bits per heavy atom. The molecule has 0 unspecified atom stereocenters. The number of aryl methyl sites for hydroxylation is 1. The molecule has 5 rings (SSSR count). The Morgan fingerprint density at radius 2 is 1.54 bits per heavy atom. The molecule has 0 bridgehead atoms. The highest BCUT2D eigenvalue weighted by Crippen LogP contribution is 2.22. The summed E-state index contributed by atoms with van der Waals surface area (Å²) in [6.45, 7) is 6.27. The minimum absolute atomic E-state index is 0.0652. The van der Waals surface area contributed by atoms with Crippen LogP contribution in [0.15, 0.2) is 77.7 Å². The van der Waals surface area contributed by atoms with E-state index in [-0.39, 0.29) is 5.91 Å². The predicted molar refractivity (Wildman–Crippen MR) is 137 cm³/mol. The van der Waals surface area contributed by atoms with Crippen LogP contribution in [0.2, 0.25) is 0 Å². The highest BCUT2D eigenvalue weighted by atomic mass is 32.2. The van der Waals surface area contributed by atoms with Gasteiger partial charge in [0.25, 0.3) is 5.91 Å². The van der Waals surface area contributed by atoms with Crippen molar-refractivity contribution in [2.75, 3.05) is 32.7 Å². The second-order valence-corrected chi connectivity index (χ2v) is 11.4. The molecule has 0 radical (unpaired) electrons. The van der Waals surface area contributed by atoms with Crippen molar-refractivity contribution in [1.29, 1.82) is 0 Å². The molecular formula is C28H31N3O3S. The van der Waals surface area contributed by atoms with E-state index >= 15 is 0 Å². The molecule has 3 aromatic rings. The Morgan fingerprint density at radius 3 is 2.29 bits per heavy atom. The van der Waals surface area contributed by atoms with Crippen molar-refractivity contribution < 1.29 is 13.2 Å². The monoisotopic (exact) mass is 489 g/mol. The van der Waals surface area contributed by atoms with Crippen molar-refractivity contribution in [3.05, 3.63) is 101 Å². The zero-order chi connectivity index (χ0) is 24.4. The van der Waals surface area contributed by atoms with Crippen LogP contribution in [0.3, 0.4) is 0 Å². The molecule has 2 aliphatic rings. The number of nitrogens with zero attached hydrogens (tertiary/aromatic N) is 3. The Bertz CT molecular complexity index is 1310. The summed E-state index contributed by atoms with van der Waals surface area (Å²) in [6, 6.07) is 23.2. The van der Waals surface area contributed by atoms with Crippen LogP contribution in [0.5, 0.6) is 0 Å². The lowest BCUT2D eigenvalue weighted by Crippen LogP contribution is -2.48. The fourth-order valence-electron chi connectivity index (χ4n) is 4.90. The highest BCUT2D eigenvalue weighted by molar-refractivity contribution is 7.89. The van der Waals surface area contributed by atoms with Crippen LogP contribution in [0.1, 0.15) is 32.6 Å². The highest BCUT2D eigenvalue weighted by Gasteiger charge is 2.28. The minimum atomic E-state index is -3.47. The molecule has 1 fully saturated rings. The van der Waals surface area contributed by atoms with E-state index in [1.807, 2.05) is 54.3 Å². The van der Waals surface area contributed by atoms with Crippen molar-refractivity contribution in [2.45, 2.75) is 31.3 Å². The number of sulfonamides is 1. The summed E-state index contributed by atoms with van der Waals surface area (Å²) in [6.07, 6.45) is 0.886. The maximum absolute atomic E-state index is 13.2. The number of rotatable bonds is 5. The number of hydrogen-bond acceptors (Lipinski definition) is 4. The van der Waals surface area contributed by atoms with Crippen molar-refractivity contribution >= 4 is 15.9 Å². The van der Waals surface area contributed by atoms with Crippen LogP contribution in [-0.4, -0.2) is 61.2 Å². The van der Waals surface area contributed by atoms with Gasteiger partial charge in [-0.2, -0.15) is 4.31 Å². The quantitative estimate of drug-likeness (QED) is 0.548. The average Bonchev–Trinajstić information content (AvgIpc) is 2.89. The first kappa shape index (κ1) is 23.7. The summed E-state index contributed by atoms with van der Waals surface area (Å²) in [5, 5.41) is 0. The predicted octanol–water partition coefficient (Wildman–Crippen LogP) is 3.70. The van der Waals surface area contributed by atoms with Crippen molar-refractivity contribution in [1.82, 2.24) is 14.1 Å². The molecule has 0 atom stereocenters. The van der Waals surface area contributed by atoms with Crippen LogP contribution in [0.25, 0.3) is 0 Å². The van der Waals surface area contributed by atoms with Crippen molar-refractivity contribution in [2.24, 2.45) is 0 Å². The molecule has 182 valence electrons. The first-order chi connectivity index (χ1) is 16.9. The molecule has 1 saturated heterocycles. The van der Waals surface area contributed by atoms with Crippen LogP contribution >= 0.6 is 0 Å². The van der Waals surface area contributed by atoms with Gasteiger partial charge in [-0.3, -0.25) is 9.69 Å². The summed E-state index contributed by atoms with van der Waals surface area (Å²) in [5.41, 5.74) is 5.38. The van der Waals surface area contributed by atoms with Crippen LogP contribution in [0, 0.1) is 6.92 Å². The first-order valence-corrected chi connectivity index (χ1v) is 13.6. The van der Waals surface area contributed by atoms with Gasteiger partial charge in [0.2, 0.25) is 10.0 Å². The van der Waals surface area contributed by atoms with E-state index < -0.39 is 10.0 Å². The summed E-state index contributed by atoms with van der Waals surface area (Å²) in [7, 11) is -3.47. The lowest BCUT2D eigenvalue weighted by atomic mass is 9.99. The molecule has 1 amide bonds. The molecule has 0 aliphatic carbocycles. The van der Waals surface area contributed by atoms with Gasteiger partial charge < -0.3 is 4.90 Å². The zero-order valence-corrected chi connectivity index (χ0v) is 20.9. The maximum Gasteiger partial charge on any atom is 0.254 e. The third-order valence-corrected chi connectivity index (χ3v) is 8.90. The van der Waals surface area contributed by atoms with E-state index in [1.165, 1.54) is 11.1 Å². The van der Waals surface area contributed by atoms with E-state index in [2.05, 4.69) is 23.1 Å². The molecular weight excluding hydrogens is 458 g/mol. The molecule has 2 aliphatic heterocycles. The number of carbonyl (C=O) groups excluding carboxylic acids is 1. The van der Waals surface area contributed by atoms with Gasteiger partial charge in [0, 0.05) is 51.4 Å². The lowest BCUT2D eigenvalue weighted by Gasteiger charge is -2.34. The molecule has 0 spiro atoms. The Kier molecular flexibility index (Phi) is 6.73. The Balaban J connectivity index is 1.20. The third kappa shape index (κ3) is 5.17. The lowest BCUT2D eigenvalue weighted by molar-refractivity contribution is 0.0734. The fraction of sp³-hybridized carbons (Fsp3) is 0.321. The van der Waals surface area contributed by atoms with Gasteiger partial charge in [-0.25, -0.2) is 8.42 Å². The fourth-order valence-corrected chi connectivity index (χ4v) is 6.32. The molecule has 0 aromatic heterocycles. The van der Waals surface area contributed by atoms with Gasteiger partial charge in [-0.15, -0.1) is 0 Å². The molecule has 0 saturated carbocycles. The normalized spacial score (nSPS) is 17.2. The average molecular weight is 490 g/mol. The van der Waals surface area contributed by atoms with E-state index in [0.717, 1.165) is 24.1 Å². The first-order valence-electron chi connectivity index (χ1n) is 12.1. The summed E-state index contributed by atoms with van der Waals surface area (Å²) in [4.78, 5) is 17.7. The SMILES string of the molecule is Cc1ccc(S(=O)(=O)N2CCN(Cc3cccc(C(=O)N4CCc5ccccc5C4)c3)CC2)cc1. The van der Waals surface area contributed by atoms with Crippen LogP contribution in [-0.2, 0) is 29.5 Å². The molecule has 6 nitrogen and oxygen atoms in total. The van der Waals surface area contributed by atoms with E-state index in [1.54, 1.807) is 16.4 Å². The topological polar surface area (TPSA) is 60.9 Å². The zero-order valence-electron chi connectivity index (χ0n) is 20.1. The number of carbonyl (C=O) groups is 1. The molecule has 2 heterocycles. The molecule has 7 heteroatoms. The van der Waals surface area contributed by atoms with Gasteiger partial charge in [-0.1, -0.05) is 54.1 Å². The van der Waals surface area contributed by atoms with Gasteiger partial charge in [0.15, 0.2) is 0 Å². The molecule has 35 heavy (non-hydrogen) atoms. The number of fused-ring (bicyclic) bond motifs is 1. The van der Waals surface area contributed by atoms with Gasteiger partial charge >= 0.3 is 0 Å². The van der Waals surface area contributed by atoms with E-state index in [0.29, 0.717) is 49.7 Å². The molecule has 0 N–H and O–H groups in total. The summed E-state index contributed by atoms with van der Waals surface area (Å²) < 4.78 is 27.5. The third-order valence-electron chi connectivity index (χ3n) is 6.99. The minimum Gasteiger partial charge on any atom is -0.334 e. The second kappa shape index (κ2) is 9.93. The molecule has 3 aromatic carbocycles. The van der Waals surface area contributed by atoms with Gasteiger partial charge in [0.1, 0.15) is 0 Å². The van der Waals surface area contributed by atoms with Gasteiger partial charge in [-0.05, 0) is 54.3 Å². The number of piperazine rings is 1. The maximum atomic E-state index is 13.2. The summed E-state index contributed by atoms with van der Waals surface area (Å²) >= 11 is 0. The van der Waals surface area contributed by atoms with Crippen LogP contribution in [0.4, 0.5) is 0 Å². The standard InChI is InChI=1S/C28H31N3O3S/c1-22-9-11-27(12-10-22)35(33,34)31-17-15-29(16-18-31)20-23-5-4-8-25(19-23)28(32)30-14-13-24-6-2-3-7-26(24)21-30/h2-12,19H,13-18,20-21H2,1H3. The van der Waals surface area contributed by atoms with Crippen molar-refractivity contribution in [3.63, 3.8) is 0 Å². The second-order valence-electron chi connectivity index (χ2n) is 9.44. The van der Waals surface area contributed by atoms with Crippen LogP contribution < -0.4 is 0 Å². The van der Waals surface area contributed by atoms with E-state index in [4.69, 9.17) is 0 Å². The van der Waals surface area contributed by atoms with E-state index in [9.17, 15) is 13.2 Å². The number of hydrogen-bond donors (Lipinski definition) is 0.